The molecule has 0 aromatic heterocycles. The maximum Gasteiger partial charge on any atom is 0.307 e. The average molecular weight is 251 g/mol. The second-order valence-corrected chi connectivity index (χ2v) is 5.95. The molecule has 0 aliphatic heterocycles. The van der Waals surface area contributed by atoms with E-state index in [0.29, 0.717) is 12.5 Å². The Labute approximate surface area is 108 Å². The third-order valence-electron chi connectivity index (χ3n) is 4.04. The van der Waals surface area contributed by atoms with Gasteiger partial charge in [0, 0.05) is 13.6 Å². The van der Waals surface area contributed by atoms with Crippen molar-refractivity contribution < 1.29 is 14.7 Å². The highest BCUT2D eigenvalue weighted by Gasteiger charge is 2.52. The Morgan fingerprint density at radius 1 is 1.28 bits per heavy atom. The van der Waals surface area contributed by atoms with E-state index in [4.69, 9.17) is 0 Å². The van der Waals surface area contributed by atoms with Crippen LogP contribution in [-0.4, -0.2) is 35.5 Å². The fourth-order valence-corrected chi connectivity index (χ4v) is 3.39. The average Bonchev–Trinajstić information content (AvgIpc) is 2.85. The van der Waals surface area contributed by atoms with E-state index in [0.717, 1.165) is 6.42 Å². The molecule has 18 heavy (non-hydrogen) atoms. The number of carboxylic acids is 1. The highest BCUT2D eigenvalue weighted by atomic mass is 16.4. The Morgan fingerprint density at radius 2 is 1.83 bits per heavy atom. The molecule has 100 valence electrons. The van der Waals surface area contributed by atoms with Gasteiger partial charge in [0.2, 0.25) is 5.91 Å². The van der Waals surface area contributed by atoms with Crippen molar-refractivity contribution in [2.75, 3.05) is 13.6 Å². The highest BCUT2D eigenvalue weighted by molar-refractivity contribution is 5.86. The summed E-state index contributed by atoms with van der Waals surface area (Å²) < 4.78 is 0. The molecule has 2 aliphatic rings. The van der Waals surface area contributed by atoms with Crippen molar-refractivity contribution in [3.05, 3.63) is 12.2 Å². The normalized spacial score (nSPS) is 33.1. The number of rotatable bonds is 4. The van der Waals surface area contributed by atoms with E-state index in [1.165, 1.54) is 0 Å². The van der Waals surface area contributed by atoms with Gasteiger partial charge in [-0.15, -0.1) is 0 Å². The number of hydrogen-bond acceptors (Lipinski definition) is 2. The number of carbonyl (C=O) groups is 2. The molecule has 1 N–H and O–H groups in total. The second kappa shape index (κ2) is 4.75. The fraction of sp³-hybridized carbons (Fsp3) is 0.714. The molecule has 4 atom stereocenters. The van der Waals surface area contributed by atoms with Crippen molar-refractivity contribution in [2.24, 2.45) is 29.6 Å². The summed E-state index contributed by atoms with van der Waals surface area (Å²) in [7, 11) is 1.77. The van der Waals surface area contributed by atoms with Gasteiger partial charge in [-0.25, -0.2) is 0 Å². The van der Waals surface area contributed by atoms with Gasteiger partial charge in [0.25, 0.3) is 0 Å². The van der Waals surface area contributed by atoms with E-state index in [-0.39, 0.29) is 23.7 Å². The van der Waals surface area contributed by atoms with Crippen LogP contribution in [0.5, 0.6) is 0 Å². The van der Waals surface area contributed by atoms with Gasteiger partial charge in [-0.1, -0.05) is 26.0 Å². The van der Waals surface area contributed by atoms with Crippen LogP contribution in [0.2, 0.25) is 0 Å². The maximum atomic E-state index is 12.4. The van der Waals surface area contributed by atoms with Gasteiger partial charge in [-0.2, -0.15) is 0 Å². The standard InChI is InChI=1S/C14H21NO3/c1-8(2)7-15(3)13(16)11-9-4-5-10(6-9)12(11)14(17)18/h4-5,8-12H,6-7H2,1-3H3,(H,17,18)/t9?,10?,11-,12+/m0/s1. The molecule has 0 spiro atoms. The predicted molar refractivity (Wildman–Crippen MR) is 67.8 cm³/mol. The molecule has 0 aromatic carbocycles. The molecule has 0 saturated heterocycles. The Balaban J connectivity index is 2.14. The molecule has 4 heteroatoms. The first-order valence-corrected chi connectivity index (χ1v) is 6.58. The van der Waals surface area contributed by atoms with E-state index in [2.05, 4.69) is 13.8 Å². The zero-order chi connectivity index (χ0) is 13.4. The summed E-state index contributed by atoms with van der Waals surface area (Å²) in [5.74, 6) is -1.15. The number of hydrogen-bond donors (Lipinski definition) is 1. The van der Waals surface area contributed by atoms with Crippen LogP contribution in [-0.2, 0) is 9.59 Å². The van der Waals surface area contributed by atoms with Crippen molar-refractivity contribution in [3.63, 3.8) is 0 Å². The number of amides is 1. The Morgan fingerprint density at radius 3 is 2.33 bits per heavy atom. The summed E-state index contributed by atoms with van der Waals surface area (Å²) >= 11 is 0. The number of aliphatic carboxylic acids is 1. The quantitative estimate of drug-likeness (QED) is 0.772. The van der Waals surface area contributed by atoms with E-state index in [1.54, 1.807) is 11.9 Å². The molecule has 1 saturated carbocycles. The Kier molecular flexibility index (Phi) is 3.46. The Bertz CT molecular complexity index is 389. The van der Waals surface area contributed by atoms with Crippen LogP contribution < -0.4 is 0 Å². The van der Waals surface area contributed by atoms with Crippen molar-refractivity contribution in [2.45, 2.75) is 20.3 Å². The molecule has 0 aromatic rings. The van der Waals surface area contributed by atoms with Crippen LogP contribution in [0, 0.1) is 29.6 Å². The van der Waals surface area contributed by atoms with Crippen LogP contribution in [0.4, 0.5) is 0 Å². The number of carbonyl (C=O) groups excluding carboxylic acids is 1. The summed E-state index contributed by atoms with van der Waals surface area (Å²) in [6.07, 6.45) is 4.81. The highest BCUT2D eigenvalue weighted by Crippen LogP contribution is 2.48. The minimum absolute atomic E-state index is 0.00653. The third-order valence-corrected chi connectivity index (χ3v) is 4.04. The molecule has 1 amide bonds. The lowest BCUT2D eigenvalue weighted by Crippen LogP contribution is -2.42. The van der Waals surface area contributed by atoms with Crippen molar-refractivity contribution in [1.29, 1.82) is 0 Å². The first-order valence-electron chi connectivity index (χ1n) is 6.58. The lowest BCUT2D eigenvalue weighted by Gasteiger charge is -2.29. The summed E-state index contributed by atoms with van der Waals surface area (Å²) in [6.45, 7) is 4.79. The van der Waals surface area contributed by atoms with Gasteiger partial charge >= 0.3 is 5.97 Å². The summed E-state index contributed by atoms with van der Waals surface area (Å²) in [5, 5.41) is 9.31. The van der Waals surface area contributed by atoms with Crippen molar-refractivity contribution in [1.82, 2.24) is 4.90 Å². The topological polar surface area (TPSA) is 57.6 Å². The number of allylic oxidation sites excluding steroid dienone is 2. The molecule has 0 radical (unpaired) electrons. The summed E-state index contributed by atoms with van der Waals surface area (Å²) in [5.41, 5.74) is 0. The smallest absolute Gasteiger partial charge is 0.307 e. The molecule has 1 fully saturated rings. The van der Waals surface area contributed by atoms with E-state index in [1.807, 2.05) is 12.2 Å². The largest absolute Gasteiger partial charge is 0.481 e. The molecule has 2 aliphatic carbocycles. The molecule has 4 nitrogen and oxygen atoms in total. The van der Waals surface area contributed by atoms with E-state index < -0.39 is 11.9 Å². The first kappa shape index (κ1) is 13.1. The molecular formula is C14H21NO3. The zero-order valence-electron chi connectivity index (χ0n) is 11.2. The number of nitrogens with zero attached hydrogens (tertiary/aromatic N) is 1. The third kappa shape index (κ3) is 2.16. The predicted octanol–water partition coefficient (Wildman–Crippen LogP) is 1.62. The Hall–Kier alpha value is -1.32. The molecule has 0 heterocycles. The van der Waals surface area contributed by atoms with Gasteiger partial charge in [0.05, 0.1) is 11.8 Å². The summed E-state index contributed by atoms with van der Waals surface area (Å²) in [6, 6.07) is 0. The van der Waals surface area contributed by atoms with E-state index in [9.17, 15) is 14.7 Å². The van der Waals surface area contributed by atoms with Gasteiger partial charge < -0.3 is 10.0 Å². The molecular weight excluding hydrogens is 230 g/mol. The maximum absolute atomic E-state index is 12.4. The van der Waals surface area contributed by atoms with Gasteiger partial charge in [0.15, 0.2) is 0 Å². The fourth-order valence-electron chi connectivity index (χ4n) is 3.39. The first-order chi connectivity index (χ1) is 8.41. The minimum atomic E-state index is -0.830. The summed E-state index contributed by atoms with van der Waals surface area (Å²) in [4.78, 5) is 25.5. The van der Waals surface area contributed by atoms with Gasteiger partial charge in [-0.3, -0.25) is 9.59 Å². The molecule has 2 unspecified atom stereocenters. The lowest BCUT2D eigenvalue weighted by atomic mass is 9.82. The molecule has 2 bridgehead atoms. The van der Waals surface area contributed by atoms with Crippen LogP contribution in [0.3, 0.4) is 0 Å². The van der Waals surface area contributed by atoms with Crippen LogP contribution in [0.1, 0.15) is 20.3 Å². The molecule has 2 rings (SSSR count). The monoisotopic (exact) mass is 251 g/mol. The van der Waals surface area contributed by atoms with Crippen LogP contribution >= 0.6 is 0 Å². The SMILES string of the molecule is CC(C)CN(C)C(=O)[C@H]1C2C=CC(C2)[C@H]1C(=O)O. The van der Waals surface area contributed by atoms with Crippen LogP contribution in [0.25, 0.3) is 0 Å². The minimum Gasteiger partial charge on any atom is -0.481 e. The van der Waals surface area contributed by atoms with Crippen molar-refractivity contribution >= 4 is 11.9 Å². The number of fused-ring (bicyclic) bond motifs is 2. The van der Waals surface area contributed by atoms with Gasteiger partial charge in [0.1, 0.15) is 0 Å². The van der Waals surface area contributed by atoms with Crippen LogP contribution in [0.15, 0.2) is 12.2 Å². The number of carboxylic acid groups (broad SMARTS) is 1. The van der Waals surface area contributed by atoms with Crippen molar-refractivity contribution in [3.8, 4) is 0 Å². The zero-order valence-corrected chi connectivity index (χ0v) is 11.2. The van der Waals surface area contributed by atoms with E-state index >= 15 is 0 Å². The second-order valence-electron chi connectivity index (χ2n) is 5.95. The van der Waals surface area contributed by atoms with Gasteiger partial charge in [-0.05, 0) is 24.2 Å². The lowest BCUT2D eigenvalue weighted by molar-refractivity contribution is -0.150.